The fourth-order valence-electron chi connectivity index (χ4n) is 4.47. The summed E-state index contributed by atoms with van der Waals surface area (Å²) in [7, 11) is 1.61. The third-order valence-electron chi connectivity index (χ3n) is 6.35. The van der Waals surface area contributed by atoms with Gasteiger partial charge in [0.25, 0.3) is 5.91 Å². The van der Waals surface area contributed by atoms with Gasteiger partial charge in [0.05, 0.1) is 25.7 Å². The number of para-hydroxylation sites is 1. The Kier molecular flexibility index (Phi) is 12.1. The molecule has 1 unspecified atom stereocenters. The molecular weight excluding hydrogens is 574 g/mol. The maximum absolute atomic E-state index is 13.6. The largest absolute Gasteiger partial charge is 0.460 e. The first kappa shape index (κ1) is 35.1. The minimum atomic E-state index is -0.702. The fourth-order valence-corrected chi connectivity index (χ4v) is 4.47. The lowest BCUT2D eigenvalue weighted by molar-refractivity contribution is -0.153. The lowest BCUT2D eigenvalue weighted by Crippen LogP contribution is -2.36. The third kappa shape index (κ3) is 11.6. The van der Waals surface area contributed by atoms with Gasteiger partial charge < -0.3 is 35.3 Å². The van der Waals surface area contributed by atoms with Crippen LogP contribution in [0.3, 0.4) is 0 Å². The lowest BCUT2D eigenvalue weighted by Gasteiger charge is -2.23. The van der Waals surface area contributed by atoms with Crippen molar-refractivity contribution in [3.8, 4) is 11.1 Å². The van der Waals surface area contributed by atoms with E-state index in [0.29, 0.717) is 41.2 Å². The highest BCUT2D eigenvalue weighted by molar-refractivity contribution is 6.06. The van der Waals surface area contributed by atoms with Gasteiger partial charge in [-0.25, -0.2) is 4.79 Å². The van der Waals surface area contributed by atoms with Crippen LogP contribution in [-0.4, -0.2) is 61.1 Å². The van der Waals surface area contributed by atoms with Crippen LogP contribution in [0, 0.1) is 0 Å². The molecule has 0 saturated carbocycles. The molecule has 242 valence electrons. The quantitative estimate of drug-likeness (QED) is 0.141. The molecule has 0 aliphatic heterocycles. The highest BCUT2D eigenvalue weighted by Gasteiger charge is 2.22. The molecule has 10 nitrogen and oxygen atoms in total. The first-order valence-electron chi connectivity index (χ1n) is 14.9. The molecule has 1 atom stereocenters. The molecule has 0 aliphatic carbocycles. The van der Waals surface area contributed by atoms with Crippen LogP contribution in [0.4, 0.5) is 16.2 Å². The number of aliphatic hydroxyl groups is 1. The smallest absolute Gasteiger partial charge is 0.408 e. The number of anilines is 2. The molecule has 4 N–H and O–H groups in total. The lowest BCUT2D eigenvalue weighted by atomic mass is 9.97. The molecule has 0 heterocycles. The van der Waals surface area contributed by atoms with Crippen molar-refractivity contribution in [2.45, 2.75) is 65.2 Å². The van der Waals surface area contributed by atoms with Crippen LogP contribution in [0.1, 0.15) is 69.1 Å². The second kappa shape index (κ2) is 15.5. The molecule has 10 heteroatoms. The normalized spacial score (nSPS) is 12.2. The topological polar surface area (TPSA) is 135 Å². The highest BCUT2D eigenvalue weighted by Crippen LogP contribution is 2.29. The average Bonchev–Trinajstić information content (AvgIpc) is 2.95. The van der Waals surface area contributed by atoms with Crippen LogP contribution in [0.5, 0.6) is 0 Å². The molecule has 0 aliphatic rings. The minimum absolute atomic E-state index is 0.00767. The monoisotopic (exact) mass is 619 g/mol. The minimum Gasteiger partial charge on any atom is -0.460 e. The molecule has 3 rings (SSSR count). The van der Waals surface area contributed by atoms with Crippen molar-refractivity contribution in [3.05, 3.63) is 83.4 Å². The third-order valence-corrected chi connectivity index (χ3v) is 6.35. The van der Waals surface area contributed by atoms with E-state index in [9.17, 15) is 19.5 Å². The van der Waals surface area contributed by atoms with Crippen molar-refractivity contribution in [3.63, 3.8) is 0 Å². The van der Waals surface area contributed by atoms with Gasteiger partial charge in [-0.1, -0.05) is 36.4 Å². The van der Waals surface area contributed by atoms with E-state index in [-0.39, 0.29) is 18.9 Å². The Hall–Kier alpha value is -4.41. The van der Waals surface area contributed by atoms with Gasteiger partial charge in [0, 0.05) is 30.6 Å². The SMILES string of the molecule is COCCNc1cc(C(=O)Nc2ccccc2CC(=O)OC(C)(C)C)cc(-c2cccc(C(CO)NC(=O)OC(C)(C)C)c2)c1. The Morgan fingerprint density at radius 2 is 1.56 bits per heavy atom. The molecule has 2 amide bonds. The number of hydrogen-bond donors (Lipinski definition) is 4. The molecule has 0 saturated heterocycles. The molecule has 0 aromatic heterocycles. The summed E-state index contributed by atoms with van der Waals surface area (Å²) >= 11 is 0. The van der Waals surface area contributed by atoms with Crippen LogP contribution < -0.4 is 16.0 Å². The van der Waals surface area contributed by atoms with Crippen LogP contribution in [0.2, 0.25) is 0 Å². The number of aliphatic hydroxyl groups excluding tert-OH is 1. The Morgan fingerprint density at radius 1 is 0.844 bits per heavy atom. The zero-order valence-corrected chi connectivity index (χ0v) is 27.2. The van der Waals surface area contributed by atoms with Gasteiger partial charge in [0.2, 0.25) is 0 Å². The summed E-state index contributed by atoms with van der Waals surface area (Å²) in [4.78, 5) is 38.6. The van der Waals surface area contributed by atoms with E-state index in [4.69, 9.17) is 14.2 Å². The maximum atomic E-state index is 13.6. The zero-order valence-electron chi connectivity index (χ0n) is 27.2. The molecule has 45 heavy (non-hydrogen) atoms. The number of carbonyl (C=O) groups is 3. The van der Waals surface area contributed by atoms with Gasteiger partial charge >= 0.3 is 12.1 Å². The van der Waals surface area contributed by atoms with E-state index < -0.39 is 29.3 Å². The van der Waals surface area contributed by atoms with Crippen LogP contribution in [-0.2, 0) is 25.4 Å². The van der Waals surface area contributed by atoms with Crippen molar-refractivity contribution in [2.75, 3.05) is 37.5 Å². The maximum Gasteiger partial charge on any atom is 0.408 e. The van der Waals surface area contributed by atoms with Gasteiger partial charge in [0.1, 0.15) is 11.2 Å². The van der Waals surface area contributed by atoms with Crippen LogP contribution >= 0.6 is 0 Å². The van der Waals surface area contributed by atoms with E-state index in [1.165, 1.54) is 0 Å². The number of esters is 1. The number of rotatable bonds is 12. The van der Waals surface area contributed by atoms with E-state index in [0.717, 1.165) is 11.1 Å². The van der Waals surface area contributed by atoms with E-state index in [1.807, 2.05) is 24.3 Å². The van der Waals surface area contributed by atoms with E-state index in [1.54, 1.807) is 91.1 Å². The first-order valence-corrected chi connectivity index (χ1v) is 14.9. The molecule has 3 aromatic rings. The number of methoxy groups -OCH3 is 1. The van der Waals surface area contributed by atoms with Gasteiger partial charge in [-0.2, -0.15) is 0 Å². The second-order valence-corrected chi connectivity index (χ2v) is 12.6. The first-order chi connectivity index (χ1) is 21.2. The van der Waals surface area contributed by atoms with Gasteiger partial charge in [-0.3, -0.25) is 9.59 Å². The van der Waals surface area contributed by atoms with Crippen molar-refractivity contribution < 1.29 is 33.7 Å². The Bertz CT molecular complexity index is 1470. The molecule has 3 aromatic carbocycles. The standard InChI is InChI=1S/C35H45N3O7/c1-34(2,3)44-31(40)21-25-11-8-9-14-29(25)37-32(41)27-18-26(19-28(20-27)36-15-16-43-7)23-12-10-13-24(17-23)30(22-39)38-33(42)45-35(4,5)6/h8-14,17-20,30,36,39H,15-16,21-22H2,1-7H3,(H,37,41)(H,38,42). The number of amides is 2. The van der Waals surface area contributed by atoms with Crippen molar-refractivity contribution in [1.82, 2.24) is 5.32 Å². The molecule has 0 spiro atoms. The molecule has 0 fully saturated rings. The molecule has 0 radical (unpaired) electrons. The predicted octanol–water partition coefficient (Wildman–Crippen LogP) is 6.11. The number of benzene rings is 3. The fraction of sp³-hybridized carbons (Fsp3) is 0.400. The van der Waals surface area contributed by atoms with Gasteiger partial charge in [0.15, 0.2) is 0 Å². The van der Waals surface area contributed by atoms with E-state index in [2.05, 4.69) is 16.0 Å². The molecule has 0 bridgehead atoms. The van der Waals surface area contributed by atoms with Crippen molar-refractivity contribution in [2.24, 2.45) is 0 Å². The highest BCUT2D eigenvalue weighted by atomic mass is 16.6. The predicted molar refractivity (Wildman–Crippen MR) is 175 cm³/mol. The second-order valence-electron chi connectivity index (χ2n) is 12.6. The summed E-state index contributed by atoms with van der Waals surface area (Å²) in [5.74, 6) is -0.752. The van der Waals surface area contributed by atoms with E-state index >= 15 is 0 Å². The Morgan fingerprint density at radius 3 is 2.22 bits per heavy atom. The number of nitrogens with one attached hydrogen (secondary N) is 3. The summed E-state index contributed by atoms with van der Waals surface area (Å²) in [6.45, 7) is 11.4. The number of alkyl carbamates (subject to hydrolysis) is 1. The Labute approximate surface area is 265 Å². The average molecular weight is 620 g/mol. The summed E-state index contributed by atoms with van der Waals surface area (Å²) in [6, 6.07) is 19.2. The van der Waals surface area contributed by atoms with Gasteiger partial charge in [-0.05, 0) is 94.1 Å². The number of hydrogen-bond acceptors (Lipinski definition) is 8. The summed E-state index contributed by atoms with van der Waals surface area (Å²) < 4.78 is 16.0. The summed E-state index contributed by atoms with van der Waals surface area (Å²) in [5, 5.41) is 19.0. The van der Waals surface area contributed by atoms with Gasteiger partial charge in [-0.15, -0.1) is 0 Å². The summed E-state index contributed by atoms with van der Waals surface area (Å²) in [5.41, 5.74) is 3.09. The molecular formula is C35H45N3O7. The van der Waals surface area contributed by atoms with Crippen LogP contribution in [0.25, 0.3) is 11.1 Å². The Balaban J connectivity index is 1.92. The number of ether oxygens (including phenoxy) is 3. The summed E-state index contributed by atoms with van der Waals surface area (Å²) in [6.07, 6.45) is -0.629. The van der Waals surface area contributed by atoms with Crippen molar-refractivity contribution in [1.29, 1.82) is 0 Å². The van der Waals surface area contributed by atoms with Crippen LogP contribution in [0.15, 0.2) is 66.7 Å². The van der Waals surface area contributed by atoms with Crippen molar-refractivity contribution >= 4 is 29.3 Å². The zero-order chi connectivity index (χ0) is 33.2. The number of carbonyl (C=O) groups excluding carboxylic acids is 3.